The van der Waals surface area contributed by atoms with Crippen LogP contribution in [0.5, 0.6) is 0 Å². The summed E-state index contributed by atoms with van der Waals surface area (Å²) in [6.45, 7) is 4.19. The van der Waals surface area contributed by atoms with Gasteiger partial charge in [0.2, 0.25) is 0 Å². The van der Waals surface area contributed by atoms with E-state index in [2.05, 4.69) is 48.0 Å². The van der Waals surface area contributed by atoms with Gasteiger partial charge in [-0.25, -0.2) is 4.79 Å². The first kappa shape index (κ1) is 15.1. The van der Waals surface area contributed by atoms with Crippen molar-refractivity contribution in [2.45, 2.75) is 24.5 Å². The molecule has 0 saturated heterocycles. The number of benzene rings is 2. The molecule has 0 spiro atoms. The van der Waals surface area contributed by atoms with Gasteiger partial charge in [-0.15, -0.1) is 11.8 Å². The molecule has 1 N–H and O–H groups in total. The molecule has 0 aliphatic rings. The fourth-order valence-electron chi connectivity index (χ4n) is 2.08. The second kappa shape index (κ2) is 6.46. The summed E-state index contributed by atoms with van der Waals surface area (Å²) < 4.78 is 0.621. The lowest BCUT2D eigenvalue weighted by Gasteiger charge is -2.06. The van der Waals surface area contributed by atoms with E-state index in [1.165, 1.54) is 16.7 Å². The number of thioether (sulfide) groups is 1. The molecule has 104 valence electrons. The predicted octanol–water partition coefficient (Wildman–Crippen LogP) is 5.06. The lowest BCUT2D eigenvalue weighted by Crippen LogP contribution is -1.97. The van der Waals surface area contributed by atoms with Gasteiger partial charge in [0.15, 0.2) is 0 Å². The number of carboxylic acids is 1. The fraction of sp³-hybridized carbons (Fsp3) is 0.188. The molecular weight excluding hydrogens is 336 g/mol. The van der Waals surface area contributed by atoms with Gasteiger partial charge in [0.1, 0.15) is 0 Å². The van der Waals surface area contributed by atoms with Crippen LogP contribution in [0.3, 0.4) is 0 Å². The molecule has 0 amide bonds. The van der Waals surface area contributed by atoms with E-state index in [4.69, 9.17) is 5.11 Å². The maximum Gasteiger partial charge on any atom is 0.336 e. The zero-order chi connectivity index (χ0) is 14.7. The molecule has 0 bridgehead atoms. The average molecular weight is 351 g/mol. The van der Waals surface area contributed by atoms with Crippen LogP contribution in [0.4, 0.5) is 0 Å². The first-order valence-corrected chi connectivity index (χ1v) is 7.96. The van der Waals surface area contributed by atoms with Crippen LogP contribution < -0.4 is 0 Å². The number of aromatic carboxylic acids is 1. The molecule has 0 atom stereocenters. The van der Waals surface area contributed by atoms with Crippen molar-refractivity contribution >= 4 is 33.7 Å². The van der Waals surface area contributed by atoms with Gasteiger partial charge in [0, 0.05) is 15.1 Å². The number of halogens is 1. The largest absolute Gasteiger partial charge is 0.478 e. The Balaban J connectivity index is 2.11. The van der Waals surface area contributed by atoms with E-state index in [1.807, 2.05) is 12.1 Å². The zero-order valence-electron chi connectivity index (χ0n) is 11.3. The van der Waals surface area contributed by atoms with E-state index in [0.29, 0.717) is 10.0 Å². The van der Waals surface area contributed by atoms with Crippen LogP contribution in [0.25, 0.3) is 0 Å². The van der Waals surface area contributed by atoms with Crippen LogP contribution in [0.1, 0.15) is 27.0 Å². The van der Waals surface area contributed by atoms with Crippen LogP contribution in [0.2, 0.25) is 0 Å². The van der Waals surface area contributed by atoms with Gasteiger partial charge in [-0.1, -0.05) is 29.3 Å². The van der Waals surface area contributed by atoms with Crippen LogP contribution >= 0.6 is 27.7 Å². The van der Waals surface area contributed by atoms with E-state index in [-0.39, 0.29) is 0 Å². The SMILES string of the molecule is Cc1cc(C)cc(CSc2ccc(C(=O)O)c(Br)c2)c1. The maximum absolute atomic E-state index is 11.0. The van der Waals surface area contributed by atoms with Crippen molar-refractivity contribution in [1.82, 2.24) is 0 Å². The molecule has 20 heavy (non-hydrogen) atoms. The second-order valence-electron chi connectivity index (χ2n) is 4.73. The minimum absolute atomic E-state index is 0.292. The molecule has 0 saturated carbocycles. The Hall–Kier alpha value is -1.26. The van der Waals surface area contributed by atoms with Crippen LogP contribution in [0.15, 0.2) is 45.8 Å². The van der Waals surface area contributed by atoms with Crippen molar-refractivity contribution in [2.75, 3.05) is 0 Å². The third kappa shape index (κ3) is 3.87. The van der Waals surface area contributed by atoms with Crippen LogP contribution in [0, 0.1) is 13.8 Å². The molecule has 0 heterocycles. The molecule has 0 aliphatic carbocycles. The smallest absolute Gasteiger partial charge is 0.336 e. The van der Waals surface area contributed by atoms with Gasteiger partial charge >= 0.3 is 5.97 Å². The number of carboxylic acid groups (broad SMARTS) is 1. The van der Waals surface area contributed by atoms with E-state index in [9.17, 15) is 4.79 Å². The number of hydrogen-bond donors (Lipinski definition) is 1. The highest BCUT2D eigenvalue weighted by atomic mass is 79.9. The average Bonchev–Trinajstić information content (AvgIpc) is 2.35. The Kier molecular flexibility index (Phi) is 4.89. The van der Waals surface area contributed by atoms with Crippen molar-refractivity contribution in [1.29, 1.82) is 0 Å². The van der Waals surface area contributed by atoms with Gasteiger partial charge in [-0.05, 0) is 53.5 Å². The summed E-state index contributed by atoms with van der Waals surface area (Å²) in [4.78, 5) is 12.0. The number of rotatable bonds is 4. The number of carbonyl (C=O) groups is 1. The molecule has 0 radical (unpaired) electrons. The first-order valence-electron chi connectivity index (χ1n) is 6.18. The quantitative estimate of drug-likeness (QED) is 0.783. The van der Waals surface area contributed by atoms with E-state index in [1.54, 1.807) is 17.8 Å². The monoisotopic (exact) mass is 350 g/mol. The minimum atomic E-state index is -0.914. The van der Waals surface area contributed by atoms with Crippen LogP contribution in [-0.4, -0.2) is 11.1 Å². The topological polar surface area (TPSA) is 37.3 Å². The Morgan fingerprint density at radius 1 is 1.15 bits per heavy atom. The summed E-state index contributed by atoms with van der Waals surface area (Å²) in [5.74, 6) is -0.0378. The normalized spacial score (nSPS) is 10.6. The first-order chi connectivity index (χ1) is 9.45. The van der Waals surface area contributed by atoms with Crippen molar-refractivity contribution < 1.29 is 9.90 Å². The summed E-state index contributed by atoms with van der Waals surface area (Å²) in [5, 5.41) is 8.99. The second-order valence-corrected chi connectivity index (χ2v) is 6.63. The van der Waals surface area contributed by atoms with E-state index in [0.717, 1.165) is 10.6 Å². The molecule has 4 heteroatoms. The minimum Gasteiger partial charge on any atom is -0.478 e. The molecule has 2 aromatic carbocycles. The Bertz CT molecular complexity index is 633. The summed E-state index contributed by atoms with van der Waals surface area (Å²) >= 11 is 5.01. The van der Waals surface area contributed by atoms with Crippen molar-refractivity contribution in [3.63, 3.8) is 0 Å². The number of hydrogen-bond acceptors (Lipinski definition) is 2. The van der Waals surface area contributed by atoms with E-state index >= 15 is 0 Å². The van der Waals surface area contributed by atoms with Crippen molar-refractivity contribution in [2.24, 2.45) is 0 Å². The molecular formula is C16H15BrO2S. The fourth-order valence-corrected chi connectivity index (χ4v) is 3.64. The summed E-state index contributed by atoms with van der Waals surface area (Å²) in [6.07, 6.45) is 0. The number of aryl methyl sites for hydroxylation is 2. The summed E-state index contributed by atoms with van der Waals surface area (Å²) in [6, 6.07) is 11.9. The van der Waals surface area contributed by atoms with Gasteiger partial charge in [-0.3, -0.25) is 0 Å². The molecule has 2 aromatic rings. The van der Waals surface area contributed by atoms with Crippen molar-refractivity contribution in [3.05, 3.63) is 63.1 Å². The van der Waals surface area contributed by atoms with Crippen LogP contribution in [-0.2, 0) is 5.75 Å². The molecule has 0 aliphatic heterocycles. The maximum atomic E-state index is 11.0. The highest BCUT2D eigenvalue weighted by molar-refractivity contribution is 9.10. The summed E-state index contributed by atoms with van der Waals surface area (Å²) in [7, 11) is 0. The molecule has 2 nitrogen and oxygen atoms in total. The third-order valence-corrected chi connectivity index (χ3v) is 4.58. The zero-order valence-corrected chi connectivity index (χ0v) is 13.7. The Morgan fingerprint density at radius 3 is 2.35 bits per heavy atom. The highest BCUT2D eigenvalue weighted by Crippen LogP contribution is 2.28. The Labute approximate surface area is 131 Å². The third-order valence-electron chi connectivity index (χ3n) is 2.86. The van der Waals surface area contributed by atoms with Crippen molar-refractivity contribution in [3.8, 4) is 0 Å². The van der Waals surface area contributed by atoms with Gasteiger partial charge in [0.05, 0.1) is 5.56 Å². The van der Waals surface area contributed by atoms with E-state index < -0.39 is 5.97 Å². The highest BCUT2D eigenvalue weighted by Gasteiger charge is 2.08. The molecule has 0 fully saturated rings. The standard InChI is InChI=1S/C16H15BrO2S/c1-10-5-11(2)7-12(6-10)9-20-13-3-4-14(16(18)19)15(17)8-13/h3-8H,9H2,1-2H3,(H,18,19). The predicted molar refractivity (Wildman–Crippen MR) is 86.6 cm³/mol. The molecule has 0 aromatic heterocycles. The lowest BCUT2D eigenvalue weighted by atomic mass is 10.1. The van der Waals surface area contributed by atoms with Gasteiger partial charge in [-0.2, -0.15) is 0 Å². The van der Waals surface area contributed by atoms with Gasteiger partial charge in [0.25, 0.3) is 0 Å². The Morgan fingerprint density at radius 2 is 1.80 bits per heavy atom. The lowest BCUT2D eigenvalue weighted by molar-refractivity contribution is 0.0696. The van der Waals surface area contributed by atoms with Gasteiger partial charge < -0.3 is 5.11 Å². The molecule has 0 unspecified atom stereocenters. The summed E-state index contributed by atoms with van der Waals surface area (Å²) in [5.41, 5.74) is 4.11. The molecule has 2 rings (SSSR count).